The highest BCUT2D eigenvalue weighted by Gasteiger charge is 2.28. The zero-order chi connectivity index (χ0) is 11.3. The molecule has 0 N–H and O–H groups in total. The molecule has 3 heteroatoms. The van der Waals surface area contributed by atoms with Crippen LogP contribution in [0.3, 0.4) is 0 Å². The van der Waals surface area contributed by atoms with Gasteiger partial charge in [0.1, 0.15) is 10.4 Å². The minimum atomic E-state index is 0.566. The molecule has 1 fully saturated rings. The second-order valence-corrected chi connectivity index (χ2v) is 5.66. The van der Waals surface area contributed by atoms with Crippen LogP contribution in [0.25, 0.3) is 5.52 Å². The summed E-state index contributed by atoms with van der Waals surface area (Å²) >= 11 is 3.57. The van der Waals surface area contributed by atoms with Gasteiger partial charge in [0.2, 0.25) is 0 Å². The van der Waals surface area contributed by atoms with Crippen LogP contribution in [-0.4, -0.2) is 9.38 Å². The van der Waals surface area contributed by atoms with Gasteiger partial charge in [0, 0.05) is 12.1 Å². The quantitative estimate of drug-likeness (QED) is 0.809. The van der Waals surface area contributed by atoms with Crippen molar-refractivity contribution in [1.29, 1.82) is 0 Å². The van der Waals surface area contributed by atoms with E-state index in [-0.39, 0.29) is 0 Å². The Morgan fingerprint density at radius 1 is 1.44 bits per heavy atom. The molecule has 0 bridgehead atoms. The molecule has 1 saturated carbocycles. The molecule has 2 heterocycles. The van der Waals surface area contributed by atoms with Crippen molar-refractivity contribution in [3.05, 3.63) is 34.3 Å². The van der Waals surface area contributed by atoms with E-state index >= 15 is 0 Å². The van der Waals surface area contributed by atoms with Gasteiger partial charge in [-0.3, -0.25) is 0 Å². The molecule has 0 aromatic carbocycles. The average molecular weight is 279 g/mol. The summed E-state index contributed by atoms with van der Waals surface area (Å²) in [6.07, 6.45) is 4.74. The summed E-state index contributed by atoms with van der Waals surface area (Å²) < 4.78 is 3.21. The van der Waals surface area contributed by atoms with Crippen LogP contribution >= 0.6 is 15.9 Å². The highest BCUT2D eigenvalue weighted by atomic mass is 79.9. The summed E-state index contributed by atoms with van der Waals surface area (Å²) in [5.74, 6) is 2.47. The van der Waals surface area contributed by atoms with Crippen LogP contribution in [0.5, 0.6) is 0 Å². The third kappa shape index (κ3) is 1.58. The standard InChI is InChI=1S/C13H15BrN2/c1-8(2)10-5-6-16-11(7-10)12(14)15-13(16)9-3-4-9/h5-9H,3-4H2,1-2H3. The van der Waals surface area contributed by atoms with Crippen molar-refractivity contribution in [2.75, 3.05) is 0 Å². The van der Waals surface area contributed by atoms with Crippen molar-refractivity contribution in [3.8, 4) is 0 Å². The normalized spacial score (nSPS) is 16.2. The molecule has 0 spiro atoms. The maximum atomic E-state index is 4.63. The van der Waals surface area contributed by atoms with E-state index < -0.39 is 0 Å². The molecule has 2 aromatic heterocycles. The van der Waals surface area contributed by atoms with Crippen LogP contribution in [0.1, 0.15) is 49.9 Å². The lowest BCUT2D eigenvalue weighted by atomic mass is 10.0. The van der Waals surface area contributed by atoms with E-state index in [0.29, 0.717) is 11.8 Å². The molecular weight excluding hydrogens is 264 g/mol. The second-order valence-electron chi connectivity index (χ2n) is 4.91. The van der Waals surface area contributed by atoms with Gasteiger partial charge in [-0.2, -0.15) is 0 Å². The van der Waals surface area contributed by atoms with Crippen LogP contribution in [0.2, 0.25) is 0 Å². The van der Waals surface area contributed by atoms with Crippen molar-refractivity contribution in [1.82, 2.24) is 9.38 Å². The Kier molecular flexibility index (Phi) is 2.32. The minimum Gasteiger partial charge on any atom is -0.302 e. The summed E-state index contributed by atoms with van der Waals surface area (Å²) in [4.78, 5) is 4.63. The smallest absolute Gasteiger partial charge is 0.132 e. The van der Waals surface area contributed by atoms with Gasteiger partial charge < -0.3 is 4.40 Å². The van der Waals surface area contributed by atoms with Gasteiger partial charge >= 0.3 is 0 Å². The van der Waals surface area contributed by atoms with E-state index in [9.17, 15) is 0 Å². The van der Waals surface area contributed by atoms with E-state index in [0.717, 1.165) is 4.60 Å². The van der Waals surface area contributed by atoms with Crippen molar-refractivity contribution in [2.24, 2.45) is 0 Å². The van der Waals surface area contributed by atoms with Crippen LogP contribution in [0, 0.1) is 0 Å². The van der Waals surface area contributed by atoms with Crippen LogP contribution in [0.4, 0.5) is 0 Å². The summed E-state index contributed by atoms with van der Waals surface area (Å²) in [5, 5.41) is 0. The molecular formula is C13H15BrN2. The predicted octanol–water partition coefficient (Wildman–Crippen LogP) is 4.10. The number of hydrogen-bond acceptors (Lipinski definition) is 1. The molecule has 16 heavy (non-hydrogen) atoms. The summed E-state index contributed by atoms with van der Waals surface area (Å²) in [7, 11) is 0. The number of rotatable bonds is 2. The number of nitrogens with zero attached hydrogens (tertiary/aromatic N) is 2. The Hall–Kier alpha value is -0.830. The van der Waals surface area contributed by atoms with E-state index in [1.165, 1.54) is 29.7 Å². The highest BCUT2D eigenvalue weighted by molar-refractivity contribution is 9.10. The summed E-state index contributed by atoms with van der Waals surface area (Å²) in [6.45, 7) is 4.44. The third-order valence-electron chi connectivity index (χ3n) is 3.26. The monoisotopic (exact) mass is 278 g/mol. The molecule has 0 atom stereocenters. The van der Waals surface area contributed by atoms with Gasteiger partial charge in [0.25, 0.3) is 0 Å². The molecule has 3 rings (SSSR count). The first-order chi connectivity index (χ1) is 7.66. The lowest BCUT2D eigenvalue weighted by molar-refractivity contribution is 0.857. The highest BCUT2D eigenvalue weighted by Crippen LogP contribution is 2.40. The predicted molar refractivity (Wildman–Crippen MR) is 69.0 cm³/mol. The number of halogens is 1. The van der Waals surface area contributed by atoms with E-state index in [2.05, 4.69) is 57.5 Å². The van der Waals surface area contributed by atoms with Gasteiger partial charge in [0.15, 0.2) is 0 Å². The fourth-order valence-electron chi connectivity index (χ4n) is 2.08. The van der Waals surface area contributed by atoms with E-state index in [1.807, 2.05) is 0 Å². The van der Waals surface area contributed by atoms with Crippen LogP contribution < -0.4 is 0 Å². The van der Waals surface area contributed by atoms with Crippen molar-refractivity contribution in [3.63, 3.8) is 0 Å². The molecule has 1 aliphatic rings. The minimum absolute atomic E-state index is 0.566. The Balaban J connectivity index is 2.20. The molecule has 0 radical (unpaired) electrons. The number of aromatic nitrogens is 2. The Morgan fingerprint density at radius 3 is 2.81 bits per heavy atom. The van der Waals surface area contributed by atoms with Gasteiger partial charge in [-0.1, -0.05) is 13.8 Å². The first-order valence-corrected chi connectivity index (χ1v) is 6.63. The van der Waals surface area contributed by atoms with E-state index in [1.54, 1.807) is 0 Å². The fourth-order valence-corrected chi connectivity index (χ4v) is 2.56. The summed E-state index contributed by atoms with van der Waals surface area (Å²) in [5.41, 5.74) is 2.57. The number of imidazole rings is 1. The molecule has 84 valence electrons. The molecule has 1 aliphatic carbocycles. The van der Waals surface area contributed by atoms with Crippen molar-refractivity contribution >= 4 is 21.4 Å². The van der Waals surface area contributed by atoms with Gasteiger partial charge in [-0.15, -0.1) is 0 Å². The average Bonchev–Trinajstić information content (AvgIpc) is 3.04. The molecule has 0 saturated heterocycles. The van der Waals surface area contributed by atoms with Gasteiger partial charge in [0.05, 0.1) is 5.52 Å². The zero-order valence-electron chi connectivity index (χ0n) is 9.57. The Bertz CT molecular complexity index is 538. The molecule has 2 aromatic rings. The third-order valence-corrected chi connectivity index (χ3v) is 3.84. The molecule has 2 nitrogen and oxygen atoms in total. The Morgan fingerprint density at radius 2 is 2.19 bits per heavy atom. The Labute approximate surface area is 104 Å². The van der Waals surface area contributed by atoms with E-state index in [4.69, 9.17) is 0 Å². The first-order valence-electron chi connectivity index (χ1n) is 5.84. The lowest BCUT2D eigenvalue weighted by Gasteiger charge is -2.06. The van der Waals surface area contributed by atoms with Crippen LogP contribution in [0.15, 0.2) is 22.9 Å². The van der Waals surface area contributed by atoms with Crippen molar-refractivity contribution in [2.45, 2.75) is 38.5 Å². The van der Waals surface area contributed by atoms with Gasteiger partial charge in [-0.05, 0) is 52.4 Å². The molecule has 0 unspecified atom stereocenters. The van der Waals surface area contributed by atoms with Crippen LogP contribution in [-0.2, 0) is 0 Å². The number of hydrogen-bond donors (Lipinski definition) is 0. The first kappa shape index (κ1) is 10.3. The largest absolute Gasteiger partial charge is 0.302 e. The maximum Gasteiger partial charge on any atom is 0.132 e. The lowest BCUT2D eigenvalue weighted by Crippen LogP contribution is -1.94. The number of fused-ring (bicyclic) bond motifs is 1. The number of pyridine rings is 1. The maximum absolute atomic E-state index is 4.63. The molecule has 0 amide bonds. The topological polar surface area (TPSA) is 17.3 Å². The van der Waals surface area contributed by atoms with Gasteiger partial charge in [-0.25, -0.2) is 4.98 Å². The zero-order valence-corrected chi connectivity index (χ0v) is 11.2. The summed E-state index contributed by atoms with van der Waals surface area (Å²) in [6, 6.07) is 4.45. The molecule has 0 aliphatic heterocycles. The van der Waals surface area contributed by atoms with Crippen molar-refractivity contribution < 1.29 is 0 Å². The SMILES string of the molecule is CC(C)c1ccn2c(C3CC3)nc(Br)c2c1. The fraction of sp³-hybridized carbons (Fsp3) is 0.462. The second kappa shape index (κ2) is 3.59.